The van der Waals surface area contributed by atoms with Crippen LogP contribution in [0.5, 0.6) is 0 Å². The normalized spacial score (nSPS) is 13.6. The van der Waals surface area contributed by atoms with Crippen molar-refractivity contribution >= 4 is 49.9 Å². The van der Waals surface area contributed by atoms with E-state index < -0.39 is 17.3 Å². The Balaban J connectivity index is 2.36. The first-order valence-corrected chi connectivity index (χ1v) is 7.64. The zero-order valence-corrected chi connectivity index (χ0v) is 13.6. The van der Waals surface area contributed by atoms with Crippen LogP contribution in [-0.2, 0) is 6.18 Å². The molecular formula is C11H6BrF3INOS. The fraction of sp³-hybridized carbons (Fsp3) is 0.182. The molecule has 0 fully saturated rings. The van der Waals surface area contributed by atoms with Crippen LogP contribution in [0.1, 0.15) is 21.6 Å². The number of rotatable bonds is 2. The summed E-state index contributed by atoms with van der Waals surface area (Å²) < 4.78 is 38.9. The Morgan fingerprint density at radius 1 is 1.37 bits per heavy atom. The zero-order chi connectivity index (χ0) is 14.2. The smallest absolute Gasteiger partial charge is 0.383 e. The van der Waals surface area contributed by atoms with E-state index in [1.165, 1.54) is 0 Å². The number of hydrogen-bond donors (Lipinski definition) is 1. The first-order chi connectivity index (χ1) is 8.79. The topological polar surface area (TPSA) is 33.1 Å². The molecule has 0 radical (unpaired) electrons. The molecule has 0 saturated heterocycles. The average Bonchev–Trinajstić information content (AvgIpc) is 2.80. The number of nitrogens with zero attached hydrogens (tertiary/aromatic N) is 1. The van der Waals surface area contributed by atoms with Crippen LogP contribution in [0.2, 0.25) is 0 Å². The van der Waals surface area contributed by atoms with Gasteiger partial charge in [0.15, 0.2) is 5.01 Å². The van der Waals surface area contributed by atoms with E-state index in [9.17, 15) is 18.3 Å². The number of aliphatic hydroxyl groups excluding tert-OH is 1. The van der Waals surface area contributed by atoms with Gasteiger partial charge in [-0.15, -0.1) is 11.3 Å². The molecule has 19 heavy (non-hydrogen) atoms. The van der Waals surface area contributed by atoms with E-state index in [2.05, 4.69) is 20.9 Å². The lowest BCUT2D eigenvalue weighted by Gasteiger charge is -2.11. The summed E-state index contributed by atoms with van der Waals surface area (Å²) in [6.45, 7) is 0. The van der Waals surface area contributed by atoms with Gasteiger partial charge in [0.25, 0.3) is 0 Å². The van der Waals surface area contributed by atoms with Crippen molar-refractivity contribution in [3.8, 4) is 0 Å². The first-order valence-electron chi connectivity index (χ1n) is 4.95. The summed E-state index contributed by atoms with van der Waals surface area (Å²) in [4.78, 5) is 3.48. The molecule has 0 amide bonds. The van der Waals surface area contributed by atoms with Crippen LogP contribution in [0.15, 0.2) is 28.9 Å². The Morgan fingerprint density at radius 3 is 2.63 bits per heavy atom. The van der Waals surface area contributed by atoms with Crippen molar-refractivity contribution in [3.05, 3.63) is 47.9 Å². The highest BCUT2D eigenvalue weighted by Gasteiger charge is 2.35. The van der Waals surface area contributed by atoms with Crippen LogP contribution >= 0.6 is 49.9 Å². The van der Waals surface area contributed by atoms with Gasteiger partial charge >= 0.3 is 6.18 Å². The maximum Gasteiger partial charge on any atom is 0.443 e. The van der Waals surface area contributed by atoms with Crippen molar-refractivity contribution in [2.45, 2.75) is 12.3 Å². The van der Waals surface area contributed by atoms with Crippen LogP contribution in [0.25, 0.3) is 0 Å². The van der Waals surface area contributed by atoms with Gasteiger partial charge in [0.05, 0.1) is 4.88 Å². The third kappa shape index (κ3) is 3.47. The number of hydrogen-bond acceptors (Lipinski definition) is 3. The molecule has 0 saturated carbocycles. The van der Waals surface area contributed by atoms with Crippen LogP contribution < -0.4 is 0 Å². The molecule has 2 aromatic rings. The minimum Gasteiger partial charge on any atom is -0.383 e. The van der Waals surface area contributed by atoms with Gasteiger partial charge in [-0.2, -0.15) is 13.2 Å². The maximum atomic E-state index is 12.5. The second-order valence-electron chi connectivity index (χ2n) is 3.63. The predicted octanol–water partition coefficient (Wildman–Crippen LogP) is 4.61. The van der Waals surface area contributed by atoms with Gasteiger partial charge in [0.1, 0.15) is 6.10 Å². The minimum absolute atomic E-state index is 0.170. The third-order valence-corrected chi connectivity index (χ3v) is 4.86. The van der Waals surface area contributed by atoms with Crippen LogP contribution in [0.4, 0.5) is 13.2 Å². The summed E-state index contributed by atoms with van der Waals surface area (Å²) in [5.41, 5.74) is 0.548. The molecule has 0 aliphatic rings. The van der Waals surface area contributed by atoms with E-state index in [0.29, 0.717) is 16.9 Å². The standard InChI is InChI=1S/C11H6BrF3INOS/c12-5-1-2-7(16)6(3-5)9(18)8-4-17-10(19-8)11(13,14)15/h1-4,9,18H. The highest BCUT2D eigenvalue weighted by Crippen LogP contribution is 2.37. The molecule has 8 heteroatoms. The van der Waals surface area contributed by atoms with E-state index in [-0.39, 0.29) is 4.88 Å². The van der Waals surface area contributed by atoms with Gasteiger partial charge in [-0.25, -0.2) is 4.98 Å². The summed E-state index contributed by atoms with van der Waals surface area (Å²) in [7, 11) is 0. The van der Waals surface area contributed by atoms with Gasteiger partial charge in [0, 0.05) is 19.8 Å². The second kappa shape index (κ2) is 5.66. The predicted molar refractivity (Wildman–Crippen MR) is 78.0 cm³/mol. The molecule has 0 bridgehead atoms. The molecule has 0 spiro atoms. The van der Waals surface area contributed by atoms with Crippen molar-refractivity contribution < 1.29 is 18.3 Å². The van der Waals surface area contributed by atoms with Crippen molar-refractivity contribution in [1.82, 2.24) is 4.98 Å². The molecule has 0 aliphatic carbocycles. The minimum atomic E-state index is -4.48. The molecule has 1 atom stereocenters. The number of aromatic nitrogens is 1. The molecule has 1 aromatic heterocycles. The highest BCUT2D eigenvalue weighted by atomic mass is 127. The summed E-state index contributed by atoms with van der Waals surface area (Å²) in [5, 5.41) is 9.20. The highest BCUT2D eigenvalue weighted by molar-refractivity contribution is 14.1. The van der Waals surface area contributed by atoms with Gasteiger partial charge in [-0.1, -0.05) is 15.9 Å². The monoisotopic (exact) mass is 463 g/mol. The summed E-state index contributed by atoms with van der Waals surface area (Å²) in [6, 6.07) is 5.25. The van der Waals surface area contributed by atoms with Crippen LogP contribution in [0, 0.1) is 3.57 Å². The molecular weight excluding hydrogens is 458 g/mol. The summed E-state index contributed by atoms with van der Waals surface area (Å²) in [5.74, 6) is 0. The number of benzene rings is 1. The molecule has 102 valence electrons. The van der Waals surface area contributed by atoms with Gasteiger partial charge in [-0.3, -0.25) is 0 Å². The fourth-order valence-corrected chi connectivity index (χ4v) is 3.22. The molecule has 0 aliphatic heterocycles. The largest absolute Gasteiger partial charge is 0.443 e. The lowest BCUT2D eigenvalue weighted by atomic mass is 10.1. The number of alkyl halides is 3. The average molecular weight is 464 g/mol. The Morgan fingerprint density at radius 2 is 2.05 bits per heavy atom. The van der Waals surface area contributed by atoms with Crippen molar-refractivity contribution in [2.75, 3.05) is 0 Å². The van der Waals surface area contributed by atoms with Crippen molar-refractivity contribution in [3.63, 3.8) is 0 Å². The van der Waals surface area contributed by atoms with E-state index in [4.69, 9.17) is 0 Å². The number of thiazole rings is 1. The lowest BCUT2D eigenvalue weighted by Crippen LogP contribution is -2.03. The Kier molecular flexibility index (Phi) is 4.53. The van der Waals surface area contributed by atoms with Gasteiger partial charge in [0.2, 0.25) is 0 Å². The Hall–Kier alpha value is -0.190. The Bertz CT molecular complexity index is 602. The van der Waals surface area contributed by atoms with Crippen molar-refractivity contribution in [1.29, 1.82) is 0 Å². The quantitative estimate of drug-likeness (QED) is 0.660. The second-order valence-corrected chi connectivity index (χ2v) is 6.77. The van der Waals surface area contributed by atoms with E-state index >= 15 is 0 Å². The number of halogens is 5. The van der Waals surface area contributed by atoms with Crippen LogP contribution in [0.3, 0.4) is 0 Å². The summed E-state index contributed by atoms with van der Waals surface area (Å²) in [6.07, 6.45) is -4.53. The van der Waals surface area contributed by atoms with E-state index in [0.717, 1.165) is 14.2 Å². The summed E-state index contributed by atoms with van der Waals surface area (Å²) >= 11 is 5.74. The van der Waals surface area contributed by atoms with Gasteiger partial charge in [-0.05, 0) is 40.8 Å². The lowest BCUT2D eigenvalue weighted by molar-refractivity contribution is -0.137. The number of aliphatic hydroxyl groups is 1. The fourth-order valence-electron chi connectivity index (χ4n) is 1.42. The zero-order valence-electron chi connectivity index (χ0n) is 9.08. The van der Waals surface area contributed by atoms with Gasteiger partial charge < -0.3 is 5.11 Å². The maximum absolute atomic E-state index is 12.5. The third-order valence-electron chi connectivity index (χ3n) is 2.29. The molecule has 1 N–H and O–H groups in total. The van der Waals surface area contributed by atoms with Crippen LogP contribution in [-0.4, -0.2) is 10.1 Å². The molecule has 1 aromatic carbocycles. The first kappa shape index (κ1) is 15.2. The van der Waals surface area contributed by atoms with E-state index in [1.807, 2.05) is 22.6 Å². The van der Waals surface area contributed by atoms with Crippen molar-refractivity contribution in [2.24, 2.45) is 0 Å². The molecule has 1 heterocycles. The molecule has 1 unspecified atom stereocenters. The SMILES string of the molecule is OC(c1cnc(C(F)(F)F)s1)c1cc(Br)ccc1I. The molecule has 2 nitrogen and oxygen atoms in total. The Labute approximate surface area is 132 Å². The van der Waals surface area contributed by atoms with E-state index in [1.54, 1.807) is 18.2 Å². The molecule has 2 rings (SSSR count).